The maximum atomic E-state index is 13.3. The maximum absolute atomic E-state index is 13.3. The second-order valence-electron chi connectivity index (χ2n) is 7.01. The second-order valence-corrected chi connectivity index (χ2v) is 8.47. The fraction of sp³-hybridized carbons (Fsp3) is 0.286. The third-order valence-corrected chi connectivity index (χ3v) is 6.18. The molecule has 0 atom stereocenters. The van der Waals surface area contributed by atoms with Crippen molar-refractivity contribution in [3.05, 3.63) is 58.9 Å². The third kappa shape index (κ3) is 4.65. The number of rotatable bonds is 5. The number of anilines is 1. The van der Waals surface area contributed by atoms with Gasteiger partial charge in [-0.05, 0) is 49.2 Å². The lowest BCUT2D eigenvalue weighted by molar-refractivity contribution is -0.113. The van der Waals surface area contributed by atoms with Crippen molar-refractivity contribution in [1.29, 1.82) is 0 Å². The van der Waals surface area contributed by atoms with Crippen LogP contribution >= 0.6 is 23.4 Å². The van der Waals surface area contributed by atoms with E-state index in [1.165, 1.54) is 6.07 Å². The van der Waals surface area contributed by atoms with Gasteiger partial charge in [-0.2, -0.15) is 0 Å². The van der Waals surface area contributed by atoms with E-state index in [0.29, 0.717) is 27.0 Å². The molecule has 0 radical (unpaired) electrons. The highest BCUT2D eigenvalue weighted by atomic mass is 35.5. The molecular weight excluding hydrogens is 430 g/mol. The van der Waals surface area contributed by atoms with Gasteiger partial charge in [-0.15, -0.1) is 22.0 Å². The number of benzene rings is 2. The summed E-state index contributed by atoms with van der Waals surface area (Å²) >= 11 is 7.54. The van der Waals surface area contributed by atoms with Crippen LogP contribution < -0.4 is 5.32 Å². The maximum Gasteiger partial charge on any atom is 0.234 e. The molecule has 0 spiro atoms. The summed E-state index contributed by atoms with van der Waals surface area (Å²) in [6.45, 7) is 0.843. The number of hydrogen-bond acceptors (Lipinski definition) is 4. The highest BCUT2D eigenvalue weighted by Crippen LogP contribution is 2.31. The summed E-state index contributed by atoms with van der Waals surface area (Å²) in [5.74, 6) is -0.402. The molecule has 1 amide bonds. The van der Waals surface area contributed by atoms with Gasteiger partial charge in [-0.1, -0.05) is 18.0 Å². The Bertz CT molecular complexity index is 1090. The molecule has 9 heteroatoms. The smallest absolute Gasteiger partial charge is 0.234 e. The van der Waals surface area contributed by atoms with Gasteiger partial charge in [0, 0.05) is 29.1 Å². The molecule has 30 heavy (non-hydrogen) atoms. The Hall–Kier alpha value is -2.45. The Morgan fingerprint density at radius 3 is 2.80 bits per heavy atom. The average molecular weight is 449 g/mol. The number of amides is 1. The van der Waals surface area contributed by atoms with E-state index < -0.39 is 11.6 Å². The van der Waals surface area contributed by atoms with E-state index in [4.69, 9.17) is 11.6 Å². The molecular formula is C21H19ClF2N4OS. The Labute approximate surface area is 181 Å². The molecule has 5 nitrogen and oxygen atoms in total. The van der Waals surface area contributed by atoms with E-state index in [1.807, 2.05) is 0 Å². The zero-order chi connectivity index (χ0) is 21.1. The topological polar surface area (TPSA) is 59.8 Å². The van der Waals surface area contributed by atoms with Crippen LogP contribution in [0.5, 0.6) is 0 Å². The number of nitrogens with one attached hydrogen (secondary N) is 1. The van der Waals surface area contributed by atoms with Crippen LogP contribution in [0.2, 0.25) is 5.02 Å². The fourth-order valence-corrected chi connectivity index (χ4v) is 4.29. The first-order chi connectivity index (χ1) is 14.5. The molecule has 0 bridgehead atoms. The standard InChI is InChI=1S/C21H19ClF2N4OS/c22-16-7-5-13(25-20(29)12-30-14-6-8-17(23)18(24)11-14)10-15(16)21-27-26-19-4-2-1-3-9-28(19)21/h5-8,10-11H,1-4,9,12H2,(H,25,29). The highest BCUT2D eigenvalue weighted by Gasteiger charge is 2.18. The molecule has 0 saturated heterocycles. The van der Waals surface area contributed by atoms with Gasteiger partial charge < -0.3 is 9.88 Å². The molecule has 0 unspecified atom stereocenters. The van der Waals surface area contributed by atoms with E-state index in [2.05, 4.69) is 20.1 Å². The minimum Gasteiger partial charge on any atom is -0.325 e. The van der Waals surface area contributed by atoms with Crippen molar-refractivity contribution < 1.29 is 13.6 Å². The van der Waals surface area contributed by atoms with Crippen LogP contribution in [0.15, 0.2) is 41.3 Å². The van der Waals surface area contributed by atoms with Gasteiger partial charge in [-0.25, -0.2) is 8.78 Å². The third-order valence-electron chi connectivity index (χ3n) is 4.86. The van der Waals surface area contributed by atoms with Gasteiger partial charge in [0.15, 0.2) is 17.5 Å². The van der Waals surface area contributed by atoms with E-state index in [1.54, 1.807) is 18.2 Å². The van der Waals surface area contributed by atoms with Crippen molar-refractivity contribution in [2.75, 3.05) is 11.1 Å². The van der Waals surface area contributed by atoms with Crippen molar-refractivity contribution in [3.63, 3.8) is 0 Å². The molecule has 1 aliphatic heterocycles. The molecule has 2 heterocycles. The number of thioether (sulfide) groups is 1. The van der Waals surface area contributed by atoms with Crippen LogP contribution in [-0.2, 0) is 17.8 Å². The first-order valence-electron chi connectivity index (χ1n) is 9.61. The van der Waals surface area contributed by atoms with Crippen LogP contribution in [0, 0.1) is 11.6 Å². The lowest BCUT2D eigenvalue weighted by Crippen LogP contribution is -2.14. The minimum atomic E-state index is -0.935. The van der Waals surface area contributed by atoms with Crippen molar-refractivity contribution >= 4 is 35.0 Å². The molecule has 156 valence electrons. The molecule has 0 aliphatic carbocycles. The second kappa shape index (κ2) is 9.14. The molecule has 3 aromatic rings. The molecule has 4 rings (SSSR count). The quantitative estimate of drug-likeness (QED) is 0.535. The van der Waals surface area contributed by atoms with Crippen LogP contribution in [0.25, 0.3) is 11.4 Å². The number of fused-ring (bicyclic) bond motifs is 1. The SMILES string of the molecule is O=C(CSc1ccc(F)c(F)c1)Nc1ccc(Cl)c(-c2nnc3n2CCCCC3)c1. The summed E-state index contributed by atoms with van der Waals surface area (Å²) in [4.78, 5) is 12.8. The number of nitrogens with zero attached hydrogens (tertiary/aromatic N) is 3. The summed E-state index contributed by atoms with van der Waals surface area (Å²) in [6.07, 6.45) is 4.20. The van der Waals surface area contributed by atoms with Gasteiger partial charge in [0.05, 0.1) is 10.8 Å². The summed E-state index contributed by atoms with van der Waals surface area (Å²) in [6, 6.07) is 8.77. The van der Waals surface area contributed by atoms with Crippen LogP contribution in [0.4, 0.5) is 14.5 Å². The van der Waals surface area contributed by atoms with Gasteiger partial charge >= 0.3 is 0 Å². The van der Waals surface area contributed by atoms with Gasteiger partial charge in [0.2, 0.25) is 5.91 Å². The number of carbonyl (C=O) groups is 1. The van der Waals surface area contributed by atoms with Crippen LogP contribution in [0.1, 0.15) is 25.1 Å². The Morgan fingerprint density at radius 1 is 1.10 bits per heavy atom. The number of aryl methyl sites for hydroxylation is 1. The average Bonchev–Trinajstić information content (AvgIpc) is 2.98. The number of hydrogen-bond donors (Lipinski definition) is 1. The Kier molecular flexibility index (Phi) is 6.34. The highest BCUT2D eigenvalue weighted by molar-refractivity contribution is 8.00. The van der Waals surface area contributed by atoms with Crippen molar-refractivity contribution in [1.82, 2.24) is 14.8 Å². The molecule has 1 N–H and O–H groups in total. The molecule has 1 aliphatic rings. The largest absolute Gasteiger partial charge is 0.325 e. The number of aromatic nitrogens is 3. The number of halogens is 3. The van der Waals surface area contributed by atoms with Crippen molar-refractivity contribution in [2.45, 2.75) is 37.1 Å². The monoisotopic (exact) mass is 448 g/mol. The predicted octanol–water partition coefficient (Wildman–Crippen LogP) is 5.33. The van der Waals surface area contributed by atoms with Crippen LogP contribution in [0.3, 0.4) is 0 Å². The van der Waals surface area contributed by atoms with Crippen LogP contribution in [-0.4, -0.2) is 26.4 Å². The lowest BCUT2D eigenvalue weighted by atomic mass is 10.1. The molecule has 0 fully saturated rings. The van der Waals surface area contributed by atoms with Gasteiger partial charge in [-0.3, -0.25) is 4.79 Å². The minimum absolute atomic E-state index is 0.0589. The molecule has 1 aromatic heterocycles. The summed E-state index contributed by atoms with van der Waals surface area (Å²) in [5.41, 5.74) is 1.29. The Balaban J connectivity index is 1.47. The van der Waals surface area contributed by atoms with E-state index in [9.17, 15) is 13.6 Å². The summed E-state index contributed by atoms with van der Waals surface area (Å²) in [5, 5.41) is 12.0. The summed E-state index contributed by atoms with van der Waals surface area (Å²) in [7, 11) is 0. The zero-order valence-electron chi connectivity index (χ0n) is 16.0. The fourth-order valence-electron chi connectivity index (χ4n) is 3.37. The lowest BCUT2D eigenvalue weighted by Gasteiger charge is -2.11. The van der Waals surface area contributed by atoms with E-state index in [-0.39, 0.29) is 11.7 Å². The number of carbonyl (C=O) groups excluding carboxylic acids is 1. The van der Waals surface area contributed by atoms with E-state index in [0.717, 1.165) is 61.9 Å². The molecule has 0 saturated carbocycles. The van der Waals surface area contributed by atoms with Gasteiger partial charge in [0.1, 0.15) is 5.82 Å². The van der Waals surface area contributed by atoms with Crippen molar-refractivity contribution in [3.8, 4) is 11.4 Å². The zero-order valence-corrected chi connectivity index (χ0v) is 17.6. The predicted molar refractivity (Wildman–Crippen MR) is 114 cm³/mol. The van der Waals surface area contributed by atoms with Crippen molar-refractivity contribution in [2.24, 2.45) is 0 Å². The summed E-state index contributed by atoms with van der Waals surface area (Å²) < 4.78 is 28.4. The normalized spacial score (nSPS) is 13.6. The first kappa shape index (κ1) is 20.8. The van der Waals surface area contributed by atoms with E-state index >= 15 is 0 Å². The molecule has 2 aromatic carbocycles. The first-order valence-corrected chi connectivity index (χ1v) is 11.0. The van der Waals surface area contributed by atoms with Gasteiger partial charge in [0.25, 0.3) is 0 Å². The Morgan fingerprint density at radius 2 is 1.97 bits per heavy atom.